The largest absolute Gasteiger partial charge is 0.490 e. The second-order valence-corrected chi connectivity index (χ2v) is 15.7. The van der Waals surface area contributed by atoms with Gasteiger partial charge >= 0.3 is 0 Å². The molecule has 2 aliphatic carbocycles. The Hall–Kier alpha value is -3.01. The second-order valence-electron chi connectivity index (χ2n) is 15.7. The van der Waals surface area contributed by atoms with Crippen molar-refractivity contribution in [3.8, 4) is 0 Å². The summed E-state index contributed by atoms with van der Waals surface area (Å²) in [5.74, 6) is -0.313. The Morgan fingerprint density at radius 1 is 0.818 bits per heavy atom. The molecule has 1 saturated carbocycles. The summed E-state index contributed by atoms with van der Waals surface area (Å²) in [6.45, 7) is 24.6. The van der Waals surface area contributed by atoms with Crippen LogP contribution in [0.4, 0.5) is 0 Å². The topological polar surface area (TPSA) is 60.4 Å². The van der Waals surface area contributed by atoms with E-state index in [1.165, 1.54) is 11.1 Å². The first-order valence-electron chi connectivity index (χ1n) is 16.4. The van der Waals surface area contributed by atoms with E-state index in [-0.39, 0.29) is 41.2 Å². The fraction of sp³-hybridized carbons (Fsp3) is 0.575. The molecule has 1 saturated heterocycles. The summed E-state index contributed by atoms with van der Waals surface area (Å²) in [4.78, 5) is 45.3. The first-order valence-corrected chi connectivity index (χ1v) is 16.4. The number of benzene rings is 1. The van der Waals surface area contributed by atoms with Crippen molar-refractivity contribution in [3.63, 3.8) is 0 Å². The number of allylic oxidation sites excluding steroid dienone is 8. The van der Waals surface area contributed by atoms with Gasteiger partial charge < -0.3 is 4.74 Å². The lowest BCUT2D eigenvalue weighted by molar-refractivity contribution is -0.188. The van der Waals surface area contributed by atoms with Crippen LogP contribution in [0.15, 0.2) is 64.5 Å². The summed E-state index contributed by atoms with van der Waals surface area (Å²) in [6, 6.07) is 5.61. The first kappa shape index (κ1) is 33.9. The minimum Gasteiger partial charge on any atom is -0.490 e. The molecule has 0 aromatic heterocycles. The Bertz CT molecular complexity index is 1490. The van der Waals surface area contributed by atoms with Crippen LogP contribution in [-0.4, -0.2) is 23.0 Å². The average Bonchev–Trinajstić information content (AvgIpc) is 2.91. The Morgan fingerprint density at radius 3 is 1.91 bits per heavy atom. The molecule has 0 radical (unpaired) electrons. The predicted octanol–water partition coefficient (Wildman–Crippen LogP) is 9.79. The van der Waals surface area contributed by atoms with Crippen molar-refractivity contribution >= 4 is 17.3 Å². The lowest BCUT2D eigenvalue weighted by atomic mass is 9.39. The van der Waals surface area contributed by atoms with Crippen molar-refractivity contribution in [1.82, 2.24) is 0 Å². The minimum absolute atomic E-state index is 0.0442. The molecule has 4 atom stereocenters. The van der Waals surface area contributed by atoms with Crippen LogP contribution in [0.1, 0.15) is 123 Å². The summed E-state index contributed by atoms with van der Waals surface area (Å²) in [6.07, 6.45) is 9.45. The van der Waals surface area contributed by atoms with E-state index in [4.69, 9.17) is 4.74 Å². The minimum atomic E-state index is -1.37. The maximum absolute atomic E-state index is 15.4. The molecular formula is C40H54O4. The molecule has 3 aliphatic rings. The van der Waals surface area contributed by atoms with Gasteiger partial charge in [-0.15, -0.1) is 0 Å². The van der Waals surface area contributed by atoms with E-state index in [1.54, 1.807) is 0 Å². The van der Waals surface area contributed by atoms with Gasteiger partial charge in [0.1, 0.15) is 22.3 Å². The SMILES string of the molecule is CC(C)=CC[C@@H]1C[C@@]23C[C@@H](CC=C(C)C)C(C)(C)[C@@](CC=C(C)C)(C(=O)C(C(=O)c4ccc(C)c(C)c4)=C2OC1(C)C)C3=O. The van der Waals surface area contributed by atoms with E-state index in [0.29, 0.717) is 24.2 Å². The number of hydrogen-bond acceptors (Lipinski definition) is 4. The lowest BCUT2D eigenvalue weighted by Gasteiger charge is -2.64. The molecule has 0 amide bonds. The van der Waals surface area contributed by atoms with Crippen molar-refractivity contribution in [2.75, 3.05) is 0 Å². The van der Waals surface area contributed by atoms with Crippen LogP contribution in [-0.2, 0) is 14.3 Å². The second kappa shape index (κ2) is 11.7. The van der Waals surface area contributed by atoms with Crippen LogP contribution < -0.4 is 0 Å². The summed E-state index contributed by atoms with van der Waals surface area (Å²) in [7, 11) is 0. The Kier molecular flexibility index (Phi) is 9.03. The normalized spacial score (nSPS) is 28.5. The van der Waals surface area contributed by atoms with E-state index in [1.807, 2.05) is 65.8 Å². The van der Waals surface area contributed by atoms with E-state index >= 15 is 9.59 Å². The number of rotatable bonds is 8. The van der Waals surface area contributed by atoms with Gasteiger partial charge in [0.2, 0.25) is 0 Å². The molecule has 0 N–H and O–H groups in total. The number of aryl methyl sites for hydroxylation is 2. The Labute approximate surface area is 266 Å². The molecule has 0 unspecified atom stereocenters. The third-order valence-corrected chi connectivity index (χ3v) is 11.2. The molecule has 1 aromatic carbocycles. The summed E-state index contributed by atoms with van der Waals surface area (Å²) >= 11 is 0. The molecule has 238 valence electrons. The van der Waals surface area contributed by atoms with E-state index < -0.39 is 21.8 Å². The van der Waals surface area contributed by atoms with E-state index in [2.05, 4.69) is 53.7 Å². The number of carbonyl (C=O) groups is 3. The zero-order valence-electron chi connectivity index (χ0n) is 29.3. The molecule has 2 bridgehead atoms. The number of fused-ring (bicyclic) bond motifs is 1. The van der Waals surface area contributed by atoms with Gasteiger partial charge in [-0.2, -0.15) is 0 Å². The van der Waals surface area contributed by atoms with Crippen LogP contribution in [0.2, 0.25) is 0 Å². The van der Waals surface area contributed by atoms with Crippen molar-refractivity contribution in [2.45, 2.75) is 121 Å². The number of hydrogen-bond donors (Lipinski definition) is 0. The van der Waals surface area contributed by atoms with Gasteiger partial charge in [0, 0.05) is 11.5 Å². The fourth-order valence-electron chi connectivity index (χ4n) is 7.94. The zero-order valence-corrected chi connectivity index (χ0v) is 29.3. The van der Waals surface area contributed by atoms with Crippen molar-refractivity contribution < 1.29 is 19.1 Å². The molecular weight excluding hydrogens is 544 g/mol. The molecule has 1 aromatic rings. The summed E-state index contributed by atoms with van der Waals surface area (Å²) in [5, 5.41) is 0. The fourth-order valence-corrected chi connectivity index (χ4v) is 7.94. The first-order chi connectivity index (χ1) is 20.3. The number of ether oxygens (including phenoxy) is 1. The van der Waals surface area contributed by atoms with Crippen molar-refractivity contribution in [1.29, 1.82) is 0 Å². The van der Waals surface area contributed by atoms with Gasteiger partial charge in [-0.25, -0.2) is 0 Å². The molecule has 44 heavy (non-hydrogen) atoms. The highest BCUT2D eigenvalue weighted by Gasteiger charge is 2.74. The third kappa shape index (κ3) is 5.41. The van der Waals surface area contributed by atoms with Gasteiger partial charge in [-0.1, -0.05) is 60.9 Å². The molecule has 1 spiro atoms. The molecule has 1 aliphatic heterocycles. The maximum atomic E-state index is 15.4. The smallest absolute Gasteiger partial charge is 0.200 e. The van der Waals surface area contributed by atoms with Crippen LogP contribution in [0.25, 0.3) is 0 Å². The number of ketones is 3. The predicted molar refractivity (Wildman–Crippen MR) is 179 cm³/mol. The summed E-state index contributed by atoms with van der Waals surface area (Å²) in [5.41, 5.74) is 2.36. The van der Waals surface area contributed by atoms with Gasteiger partial charge in [-0.3, -0.25) is 14.4 Å². The molecule has 4 rings (SSSR count). The monoisotopic (exact) mass is 598 g/mol. The summed E-state index contributed by atoms with van der Waals surface area (Å²) < 4.78 is 6.92. The van der Waals surface area contributed by atoms with Gasteiger partial charge in [-0.05, 0) is 130 Å². The maximum Gasteiger partial charge on any atom is 0.200 e. The van der Waals surface area contributed by atoms with Gasteiger partial charge in [0.05, 0.1) is 5.41 Å². The lowest BCUT2D eigenvalue weighted by Crippen LogP contribution is -2.69. The van der Waals surface area contributed by atoms with Crippen molar-refractivity contribution in [3.05, 3.63) is 81.2 Å². The zero-order chi connectivity index (χ0) is 33.0. The van der Waals surface area contributed by atoms with Crippen LogP contribution in [0.5, 0.6) is 0 Å². The van der Waals surface area contributed by atoms with Crippen LogP contribution in [0, 0.1) is 41.9 Å². The van der Waals surface area contributed by atoms with Crippen LogP contribution >= 0.6 is 0 Å². The van der Waals surface area contributed by atoms with Gasteiger partial charge in [0.15, 0.2) is 17.3 Å². The van der Waals surface area contributed by atoms with Crippen LogP contribution in [0.3, 0.4) is 0 Å². The van der Waals surface area contributed by atoms with Crippen molar-refractivity contribution in [2.24, 2.45) is 28.1 Å². The standard InChI is InChI=1S/C40H54O4/c1-24(2)13-17-30-22-39-23-31(18-14-25(3)4)38(11,12)44-35(39)32(33(41)29-16-15-27(7)28(8)21-29)34(42)40(36(39)43,37(30,9)10)20-19-26(5)6/h13-16,19,21,30-31H,17-18,20,22-23H2,1-12H3/t30-,31-,39+,40+/m1/s1. The highest BCUT2D eigenvalue weighted by molar-refractivity contribution is 6.35. The number of Topliss-reactive ketones (excluding diaryl/α,β-unsaturated/α-hetero) is 3. The van der Waals surface area contributed by atoms with E-state index in [9.17, 15) is 4.79 Å². The molecule has 4 nitrogen and oxygen atoms in total. The highest BCUT2D eigenvalue weighted by Crippen LogP contribution is 2.69. The number of carbonyl (C=O) groups excluding carboxylic acids is 3. The Morgan fingerprint density at radius 2 is 1.36 bits per heavy atom. The molecule has 4 heteroatoms. The quantitative estimate of drug-likeness (QED) is 0.129. The van der Waals surface area contributed by atoms with Gasteiger partial charge in [0.25, 0.3) is 0 Å². The third-order valence-electron chi connectivity index (χ3n) is 11.2. The Balaban J connectivity index is 2.10. The molecule has 1 heterocycles. The highest BCUT2D eigenvalue weighted by atomic mass is 16.5. The van der Waals surface area contributed by atoms with E-state index in [0.717, 1.165) is 29.5 Å². The average molecular weight is 599 g/mol. The molecule has 2 fully saturated rings.